The Bertz CT molecular complexity index is 868. The Labute approximate surface area is 140 Å². The Morgan fingerprint density at radius 3 is 2.42 bits per heavy atom. The molecule has 3 nitrogen and oxygen atoms in total. The van der Waals surface area contributed by atoms with E-state index in [1.54, 1.807) is 12.1 Å². The number of nitrogens with zero attached hydrogens (tertiary/aromatic N) is 2. The average molecular weight is 320 g/mol. The third kappa shape index (κ3) is 2.60. The van der Waals surface area contributed by atoms with Crippen molar-refractivity contribution in [3.8, 4) is 11.1 Å². The molecule has 0 spiro atoms. The molecule has 0 saturated heterocycles. The number of rotatable bonds is 3. The summed E-state index contributed by atoms with van der Waals surface area (Å²) in [5.74, 6) is -0.252. The van der Waals surface area contributed by atoms with Crippen LogP contribution in [0.4, 0.5) is 4.39 Å². The predicted molar refractivity (Wildman–Crippen MR) is 91.0 cm³/mol. The molecule has 0 N–H and O–H groups in total. The quantitative estimate of drug-likeness (QED) is 0.717. The molecule has 1 aromatic heterocycles. The van der Waals surface area contributed by atoms with E-state index in [9.17, 15) is 9.18 Å². The summed E-state index contributed by atoms with van der Waals surface area (Å²) in [7, 11) is 0. The van der Waals surface area contributed by atoms with Gasteiger partial charge in [-0.3, -0.25) is 4.79 Å². The first kappa shape index (κ1) is 14.7. The van der Waals surface area contributed by atoms with Crippen LogP contribution in [-0.2, 0) is 13.1 Å². The fourth-order valence-corrected chi connectivity index (χ4v) is 3.19. The van der Waals surface area contributed by atoms with Crippen LogP contribution in [0, 0.1) is 5.82 Å². The largest absolute Gasteiger partial charge is 0.341 e. The van der Waals surface area contributed by atoms with Crippen molar-refractivity contribution >= 4 is 5.91 Å². The zero-order chi connectivity index (χ0) is 16.5. The van der Waals surface area contributed by atoms with Crippen molar-refractivity contribution in [3.63, 3.8) is 0 Å². The van der Waals surface area contributed by atoms with Gasteiger partial charge < -0.3 is 9.47 Å². The van der Waals surface area contributed by atoms with Crippen LogP contribution in [0.3, 0.4) is 0 Å². The molecule has 0 aliphatic carbocycles. The van der Waals surface area contributed by atoms with Crippen LogP contribution in [0.1, 0.15) is 16.1 Å². The minimum Gasteiger partial charge on any atom is -0.341 e. The summed E-state index contributed by atoms with van der Waals surface area (Å²) in [4.78, 5) is 14.8. The van der Waals surface area contributed by atoms with Gasteiger partial charge in [0.25, 0.3) is 5.91 Å². The van der Waals surface area contributed by atoms with Gasteiger partial charge in [0, 0.05) is 31.4 Å². The molecule has 3 aromatic rings. The van der Waals surface area contributed by atoms with E-state index in [1.165, 1.54) is 12.1 Å². The lowest BCUT2D eigenvalue weighted by atomic mass is 10.0. The van der Waals surface area contributed by atoms with Crippen molar-refractivity contribution in [2.45, 2.75) is 13.1 Å². The number of hydrogen-bond donors (Lipinski definition) is 0. The first-order chi connectivity index (χ1) is 11.7. The normalized spacial score (nSPS) is 13.9. The van der Waals surface area contributed by atoms with E-state index in [4.69, 9.17) is 0 Å². The highest BCUT2D eigenvalue weighted by Crippen LogP contribution is 2.29. The van der Waals surface area contributed by atoms with E-state index in [1.807, 2.05) is 52.1 Å². The highest BCUT2D eigenvalue weighted by molar-refractivity contribution is 6.00. The van der Waals surface area contributed by atoms with E-state index >= 15 is 0 Å². The molecule has 1 aliphatic rings. The van der Waals surface area contributed by atoms with Crippen LogP contribution in [-0.4, -0.2) is 21.9 Å². The minimum absolute atomic E-state index is 0.0226. The van der Waals surface area contributed by atoms with E-state index in [2.05, 4.69) is 0 Å². The molecule has 2 heterocycles. The van der Waals surface area contributed by atoms with Gasteiger partial charge in [-0.15, -0.1) is 0 Å². The lowest BCUT2D eigenvalue weighted by Gasteiger charge is -2.29. The third-order valence-corrected chi connectivity index (χ3v) is 4.44. The zero-order valence-electron chi connectivity index (χ0n) is 13.2. The molecule has 0 radical (unpaired) electrons. The molecule has 1 aliphatic heterocycles. The van der Waals surface area contributed by atoms with Gasteiger partial charge in [0.1, 0.15) is 11.5 Å². The molecule has 4 heteroatoms. The van der Waals surface area contributed by atoms with Crippen LogP contribution < -0.4 is 0 Å². The van der Waals surface area contributed by atoms with Crippen LogP contribution in [0.5, 0.6) is 0 Å². The summed E-state index contributed by atoms with van der Waals surface area (Å²) in [5, 5.41) is 0. The van der Waals surface area contributed by atoms with Crippen LogP contribution in [0.2, 0.25) is 0 Å². The highest BCUT2D eigenvalue weighted by Gasteiger charge is 2.27. The van der Waals surface area contributed by atoms with Crippen LogP contribution in [0.15, 0.2) is 66.9 Å². The number of hydrogen-bond acceptors (Lipinski definition) is 1. The summed E-state index contributed by atoms with van der Waals surface area (Å²) in [6.07, 6.45) is 1.94. The maximum Gasteiger partial charge on any atom is 0.271 e. The SMILES string of the molecule is O=C1c2c(-c3ccc(F)cc3)ccn2CCN1Cc1ccccc1. The van der Waals surface area contributed by atoms with Crippen molar-refractivity contribution in [2.75, 3.05) is 6.54 Å². The Balaban J connectivity index is 1.66. The summed E-state index contributed by atoms with van der Waals surface area (Å²) in [6.45, 7) is 2.07. The van der Waals surface area contributed by atoms with Crippen molar-refractivity contribution in [1.82, 2.24) is 9.47 Å². The Morgan fingerprint density at radius 2 is 1.67 bits per heavy atom. The smallest absolute Gasteiger partial charge is 0.271 e. The number of fused-ring (bicyclic) bond motifs is 1. The fourth-order valence-electron chi connectivity index (χ4n) is 3.19. The second-order valence-electron chi connectivity index (χ2n) is 5.99. The van der Waals surface area contributed by atoms with Gasteiger partial charge in [0.2, 0.25) is 0 Å². The molecule has 0 saturated carbocycles. The summed E-state index contributed by atoms with van der Waals surface area (Å²) < 4.78 is 15.2. The van der Waals surface area contributed by atoms with Gasteiger partial charge in [-0.1, -0.05) is 42.5 Å². The minimum atomic E-state index is -0.274. The monoisotopic (exact) mass is 320 g/mol. The predicted octanol–water partition coefficient (Wildman–Crippen LogP) is 3.95. The van der Waals surface area contributed by atoms with Gasteiger partial charge in [-0.05, 0) is 29.3 Å². The number of amides is 1. The molecular formula is C20H17FN2O. The standard InChI is InChI=1S/C20H17FN2O/c21-17-8-6-16(7-9-17)18-10-11-22-12-13-23(20(24)19(18)22)14-15-4-2-1-3-5-15/h1-11H,12-14H2. The van der Waals surface area contributed by atoms with Crippen molar-refractivity contribution in [1.29, 1.82) is 0 Å². The summed E-state index contributed by atoms with van der Waals surface area (Å²) >= 11 is 0. The number of halogens is 1. The molecule has 0 unspecified atom stereocenters. The second kappa shape index (κ2) is 5.96. The van der Waals surface area contributed by atoms with Crippen molar-refractivity contribution < 1.29 is 9.18 Å². The third-order valence-electron chi connectivity index (χ3n) is 4.44. The van der Waals surface area contributed by atoms with Crippen LogP contribution >= 0.6 is 0 Å². The summed E-state index contributed by atoms with van der Waals surface area (Å²) in [6, 6.07) is 18.2. The van der Waals surface area contributed by atoms with Crippen molar-refractivity contribution in [2.24, 2.45) is 0 Å². The first-order valence-corrected chi connectivity index (χ1v) is 8.00. The van der Waals surface area contributed by atoms with E-state index in [0.717, 1.165) is 23.2 Å². The molecule has 0 atom stereocenters. The van der Waals surface area contributed by atoms with E-state index in [0.29, 0.717) is 18.8 Å². The molecule has 1 amide bonds. The van der Waals surface area contributed by atoms with Crippen LogP contribution in [0.25, 0.3) is 11.1 Å². The molecule has 4 rings (SSSR count). The molecule has 24 heavy (non-hydrogen) atoms. The average Bonchev–Trinajstić information content (AvgIpc) is 3.04. The lowest BCUT2D eigenvalue weighted by Crippen LogP contribution is -2.39. The number of benzene rings is 2. The number of carbonyl (C=O) groups is 1. The summed E-state index contributed by atoms with van der Waals surface area (Å²) in [5.41, 5.74) is 3.52. The zero-order valence-corrected chi connectivity index (χ0v) is 13.2. The van der Waals surface area contributed by atoms with Gasteiger partial charge >= 0.3 is 0 Å². The second-order valence-corrected chi connectivity index (χ2v) is 5.99. The van der Waals surface area contributed by atoms with Gasteiger partial charge in [-0.2, -0.15) is 0 Å². The van der Waals surface area contributed by atoms with Gasteiger partial charge in [0.05, 0.1) is 0 Å². The molecule has 0 bridgehead atoms. The topological polar surface area (TPSA) is 25.2 Å². The Kier molecular flexibility index (Phi) is 3.65. The van der Waals surface area contributed by atoms with Crippen molar-refractivity contribution in [3.05, 3.63) is 83.9 Å². The van der Waals surface area contributed by atoms with E-state index < -0.39 is 0 Å². The molecular weight excluding hydrogens is 303 g/mol. The molecule has 120 valence electrons. The maximum absolute atomic E-state index is 13.2. The number of carbonyl (C=O) groups excluding carboxylic acids is 1. The van der Waals surface area contributed by atoms with Gasteiger partial charge in [0.15, 0.2) is 0 Å². The van der Waals surface area contributed by atoms with Gasteiger partial charge in [-0.25, -0.2) is 4.39 Å². The number of aromatic nitrogens is 1. The highest BCUT2D eigenvalue weighted by atomic mass is 19.1. The fraction of sp³-hybridized carbons (Fsp3) is 0.150. The molecule has 0 fully saturated rings. The lowest BCUT2D eigenvalue weighted by molar-refractivity contribution is 0.0692. The molecule has 2 aromatic carbocycles. The Hall–Kier alpha value is -2.88. The first-order valence-electron chi connectivity index (χ1n) is 8.00. The van der Waals surface area contributed by atoms with E-state index in [-0.39, 0.29) is 11.7 Å². The maximum atomic E-state index is 13.2. The Morgan fingerprint density at radius 1 is 0.917 bits per heavy atom.